The van der Waals surface area contributed by atoms with Crippen LogP contribution >= 0.6 is 15.9 Å². The lowest BCUT2D eigenvalue weighted by Crippen LogP contribution is -2.38. The summed E-state index contributed by atoms with van der Waals surface area (Å²) in [5.74, 6) is 0.580. The molecule has 116 valence electrons. The van der Waals surface area contributed by atoms with E-state index in [0.717, 1.165) is 23.2 Å². The Morgan fingerprint density at radius 3 is 2.43 bits per heavy atom. The summed E-state index contributed by atoms with van der Waals surface area (Å²) in [5.41, 5.74) is 1.67. The predicted molar refractivity (Wildman–Crippen MR) is 87.0 cm³/mol. The lowest BCUT2D eigenvalue weighted by Gasteiger charge is -2.40. The molecule has 2 fully saturated rings. The summed E-state index contributed by atoms with van der Waals surface area (Å²) >= 11 is 3.56. The number of rotatable bonds is 4. The maximum atomic E-state index is 13.1. The van der Waals surface area contributed by atoms with Crippen LogP contribution in [0.5, 0.6) is 0 Å². The van der Waals surface area contributed by atoms with Crippen molar-refractivity contribution in [1.29, 1.82) is 0 Å². The normalized spacial score (nSPS) is 35.1. The fourth-order valence-corrected chi connectivity index (χ4v) is 4.94. The Hall–Kier alpha value is -0.410. The number of fused-ring (bicyclic) bond motifs is 2. The highest BCUT2D eigenvalue weighted by atomic mass is 79.9. The van der Waals surface area contributed by atoms with Crippen molar-refractivity contribution >= 4 is 15.9 Å². The first-order valence-electron chi connectivity index (χ1n) is 7.85. The third-order valence-corrected chi connectivity index (χ3v) is 7.01. The first-order chi connectivity index (χ1) is 9.88. The van der Waals surface area contributed by atoms with Crippen molar-refractivity contribution in [3.8, 4) is 0 Å². The molecule has 1 aromatic carbocycles. The van der Waals surface area contributed by atoms with Gasteiger partial charge in [-0.15, -0.1) is 0 Å². The van der Waals surface area contributed by atoms with Crippen LogP contribution in [0.4, 0.5) is 4.39 Å². The highest BCUT2D eigenvalue weighted by Gasteiger charge is 2.62. The summed E-state index contributed by atoms with van der Waals surface area (Å²) < 4.78 is 19.6. The number of hydrogen-bond acceptors (Lipinski definition) is 1. The van der Waals surface area contributed by atoms with Gasteiger partial charge in [0.15, 0.2) is 0 Å². The van der Waals surface area contributed by atoms with Crippen LogP contribution < -0.4 is 0 Å². The summed E-state index contributed by atoms with van der Waals surface area (Å²) in [5, 5.41) is 0.746. The average molecular weight is 355 g/mol. The zero-order valence-corrected chi connectivity index (χ0v) is 14.6. The minimum Gasteiger partial charge on any atom is -0.369 e. The summed E-state index contributed by atoms with van der Waals surface area (Å²) in [7, 11) is 0. The zero-order chi connectivity index (χ0) is 15.3. The smallest absolute Gasteiger partial charge is 0.123 e. The van der Waals surface area contributed by atoms with Crippen LogP contribution in [-0.2, 0) is 4.74 Å². The Morgan fingerprint density at radius 1 is 1.29 bits per heavy atom. The largest absolute Gasteiger partial charge is 0.369 e. The molecule has 0 N–H and O–H groups in total. The van der Waals surface area contributed by atoms with Crippen molar-refractivity contribution < 1.29 is 9.13 Å². The quantitative estimate of drug-likeness (QED) is 0.649. The van der Waals surface area contributed by atoms with E-state index in [-0.39, 0.29) is 17.3 Å². The van der Waals surface area contributed by atoms with Gasteiger partial charge in [-0.2, -0.15) is 0 Å². The Bertz CT molecular complexity index is 512. The SMILES string of the molecule is CC1(C)C2CCC1(C)C(OC(CBr)c1ccc(F)cc1)C2. The summed E-state index contributed by atoms with van der Waals surface area (Å²) in [6.45, 7) is 7.19. The zero-order valence-electron chi connectivity index (χ0n) is 13.0. The number of benzene rings is 1. The summed E-state index contributed by atoms with van der Waals surface area (Å²) in [4.78, 5) is 0. The van der Waals surface area contributed by atoms with E-state index in [1.807, 2.05) is 12.1 Å². The van der Waals surface area contributed by atoms with Gasteiger partial charge in [0, 0.05) is 5.33 Å². The van der Waals surface area contributed by atoms with E-state index >= 15 is 0 Å². The first kappa shape index (κ1) is 15.5. The van der Waals surface area contributed by atoms with Gasteiger partial charge >= 0.3 is 0 Å². The van der Waals surface area contributed by atoms with E-state index in [1.54, 1.807) is 0 Å². The van der Waals surface area contributed by atoms with Gasteiger partial charge in [0.2, 0.25) is 0 Å². The molecule has 2 aliphatic rings. The molecule has 0 aliphatic heterocycles. The van der Waals surface area contributed by atoms with Gasteiger partial charge in [-0.05, 0) is 53.7 Å². The van der Waals surface area contributed by atoms with Crippen molar-refractivity contribution in [2.24, 2.45) is 16.7 Å². The van der Waals surface area contributed by atoms with Crippen molar-refractivity contribution in [2.45, 2.75) is 52.2 Å². The fourth-order valence-electron chi connectivity index (χ4n) is 4.42. The topological polar surface area (TPSA) is 9.23 Å². The molecule has 0 radical (unpaired) electrons. The molecule has 1 nitrogen and oxygen atoms in total. The highest BCUT2D eigenvalue weighted by molar-refractivity contribution is 9.09. The third-order valence-electron chi connectivity index (χ3n) is 6.42. The van der Waals surface area contributed by atoms with Gasteiger partial charge in [-0.25, -0.2) is 4.39 Å². The molecule has 2 saturated carbocycles. The van der Waals surface area contributed by atoms with Crippen LogP contribution in [0.3, 0.4) is 0 Å². The Balaban J connectivity index is 1.78. The molecule has 0 amide bonds. The van der Waals surface area contributed by atoms with Gasteiger partial charge < -0.3 is 4.74 Å². The van der Waals surface area contributed by atoms with Crippen LogP contribution in [0.15, 0.2) is 24.3 Å². The van der Waals surface area contributed by atoms with E-state index in [2.05, 4.69) is 36.7 Å². The van der Waals surface area contributed by atoms with E-state index < -0.39 is 0 Å². The van der Waals surface area contributed by atoms with E-state index in [9.17, 15) is 4.39 Å². The van der Waals surface area contributed by atoms with Gasteiger partial charge in [0.25, 0.3) is 0 Å². The molecule has 1 aromatic rings. The minimum atomic E-state index is -0.194. The second-order valence-corrected chi connectivity index (χ2v) is 8.08. The average Bonchev–Trinajstić information content (AvgIpc) is 2.79. The summed E-state index contributed by atoms with van der Waals surface area (Å²) in [6, 6.07) is 6.70. The Kier molecular flexibility index (Phi) is 3.94. The molecule has 0 spiro atoms. The molecule has 4 unspecified atom stereocenters. The second-order valence-electron chi connectivity index (χ2n) is 7.43. The van der Waals surface area contributed by atoms with Crippen LogP contribution in [0.1, 0.15) is 51.7 Å². The molecule has 4 atom stereocenters. The molecule has 0 aromatic heterocycles. The predicted octanol–water partition coefficient (Wildman–Crippen LogP) is 5.49. The van der Waals surface area contributed by atoms with Crippen LogP contribution in [0.25, 0.3) is 0 Å². The van der Waals surface area contributed by atoms with Crippen molar-refractivity contribution in [3.63, 3.8) is 0 Å². The van der Waals surface area contributed by atoms with E-state index in [4.69, 9.17) is 4.74 Å². The molecule has 0 heterocycles. The molecule has 3 heteroatoms. The lowest BCUT2D eigenvalue weighted by molar-refractivity contribution is -0.0798. The third kappa shape index (κ3) is 2.37. The van der Waals surface area contributed by atoms with Crippen molar-refractivity contribution in [1.82, 2.24) is 0 Å². The fraction of sp³-hybridized carbons (Fsp3) is 0.667. The van der Waals surface area contributed by atoms with Crippen LogP contribution in [0.2, 0.25) is 0 Å². The van der Waals surface area contributed by atoms with Crippen molar-refractivity contribution in [2.75, 3.05) is 5.33 Å². The van der Waals surface area contributed by atoms with Crippen LogP contribution in [0, 0.1) is 22.6 Å². The Labute approximate surface area is 135 Å². The summed E-state index contributed by atoms with van der Waals surface area (Å²) in [6.07, 6.45) is 4.06. The van der Waals surface area contributed by atoms with Crippen LogP contribution in [-0.4, -0.2) is 11.4 Å². The number of ether oxygens (including phenoxy) is 1. The molecule has 2 bridgehead atoms. The van der Waals surface area contributed by atoms with Crippen molar-refractivity contribution in [3.05, 3.63) is 35.6 Å². The lowest BCUT2D eigenvalue weighted by atomic mass is 9.70. The second kappa shape index (κ2) is 5.34. The number of alkyl halides is 1. The standard InChI is InChI=1S/C18H24BrFO/c1-17(2)13-8-9-18(17,3)16(10-13)21-15(11-19)12-4-6-14(20)7-5-12/h4-7,13,15-16H,8-11H2,1-3H3. The number of hydrogen-bond donors (Lipinski definition) is 0. The molecule has 3 rings (SSSR count). The maximum Gasteiger partial charge on any atom is 0.123 e. The molecule has 21 heavy (non-hydrogen) atoms. The Morgan fingerprint density at radius 2 is 1.95 bits per heavy atom. The monoisotopic (exact) mass is 354 g/mol. The van der Waals surface area contributed by atoms with Gasteiger partial charge in [0.1, 0.15) is 5.82 Å². The number of halogens is 2. The minimum absolute atomic E-state index is 0.00238. The van der Waals surface area contributed by atoms with Gasteiger partial charge in [-0.1, -0.05) is 48.8 Å². The van der Waals surface area contributed by atoms with Gasteiger partial charge in [-0.3, -0.25) is 0 Å². The molecule has 2 aliphatic carbocycles. The maximum absolute atomic E-state index is 13.1. The van der Waals surface area contributed by atoms with E-state index in [1.165, 1.54) is 25.0 Å². The van der Waals surface area contributed by atoms with E-state index in [0.29, 0.717) is 11.5 Å². The van der Waals surface area contributed by atoms with Gasteiger partial charge in [0.05, 0.1) is 12.2 Å². The molecular formula is C18H24BrFO. The molecular weight excluding hydrogens is 331 g/mol. The molecule has 0 saturated heterocycles. The highest BCUT2D eigenvalue weighted by Crippen LogP contribution is 2.66. The first-order valence-corrected chi connectivity index (χ1v) is 8.97.